The van der Waals surface area contributed by atoms with Crippen LogP contribution in [0.15, 0.2) is 30.3 Å². The Hall–Kier alpha value is -1.24. The van der Waals surface area contributed by atoms with Gasteiger partial charge >= 0.3 is 0 Å². The Morgan fingerprint density at radius 1 is 1.21 bits per heavy atom. The van der Waals surface area contributed by atoms with Crippen LogP contribution in [-0.2, 0) is 0 Å². The van der Waals surface area contributed by atoms with Crippen LogP contribution in [0.5, 0.6) is 0 Å². The van der Waals surface area contributed by atoms with Gasteiger partial charge in [-0.3, -0.25) is 0 Å². The van der Waals surface area contributed by atoms with Crippen molar-refractivity contribution in [2.75, 3.05) is 11.9 Å². The van der Waals surface area contributed by atoms with Gasteiger partial charge in [0.1, 0.15) is 0 Å². The molecule has 1 heteroatoms. The average Bonchev–Trinajstić information content (AvgIpc) is 2.14. The third kappa shape index (κ3) is 1.98. The lowest BCUT2D eigenvalue weighted by Gasteiger charge is -2.15. The van der Waals surface area contributed by atoms with Gasteiger partial charge in [0.2, 0.25) is 0 Å². The molecule has 0 radical (unpaired) electrons. The van der Waals surface area contributed by atoms with E-state index in [4.69, 9.17) is 0 Å². The normalized spacial score (nSPS) is 14.5. The van der Waals surface area contributed by atoms with Crippen molar-refractivity contribution in [3.05, 3.63) is 35.9 Å². The lowest BCUT2D eigenvalue weighted by Crippen LogP contribution is -1.99. The maximum atomic E-state index is 3.38. The molecule has 0 heterocycles. The molecule has 0 aliphatic heterocycles. The highest BCUT2D eigenvalue weighted by Crippen LogP contribution is 2.29. The Bertz CT molecular complexity index is 322. The maximum Gasteiger partial charge on any atom is 0.0340 e. The monoisotopic (exact) mass is 187 g/mol. The molecule has 0 saturated heterocycles. The summed E-state index contributed by atoms with van der Waals surface area (Å²) in [6.45, 7) is 3.24. The molecular weight excluding hydrogens is 170 g/mol. The molecule has 2 rings (SSSR count). The molecule has 74 valence electrons. The van der Waals surface area contributed by atoms with Crippen LogP contribution in [0.2, 0.25) is 0 Å². The highest BCUT2D eigenvalue weighted by atomic mass is 14.9. The van der Waals surface area contributed by atoms with Gasteiger partial charge in [-0.1, -0.05) is 25.1 Å². The van der Waals surface area contributed by atoms with E-state index >= 15 is 0 Å². The van der Waals surface area contributed by atoms with Gasteiger partial charge in [0.15, 0.2) is 0 Å². The molecule has 1 aliphatic carbocycles. The Balaban J connectivity index is 2.02. The maximum absolute atomic E-state index is 3.38. The summed E-state index contributed by atoms with van der Waals surface area (Å²) in [6, 6.07) is 8.76. The van der Waals surface area contributed by atoms with Crippen LogP contribution in [0.1, 0.15) is 31.7 Å². The van der Waals surface area contributed by atoms with Crippen LogP contribution >= 0.6 is 0 Å². The zero-order chi connectivity index (χ0) is 9.80. The molecule has 1 aromatic carbocycles. The lowest BCUT2D eigenvalue weighted by atomic mass is 9.92. The van der Waals surface area contributed by atoms with E-state index in [1.165, 1.54) is 36.1 Å². The fourth-order valence-corrected chi connectivity index (χ4v) is 1.62. The number of benzene rings is 1. The van der Waals surface area contributed by atoms with Crippen molar-refractivity contribution in [1.29, 1.82) is 0 Å². The van der Waals surface area contributed by atoms with E-state index < -0.39 is 0 Å². The number of nitrogens with one attached hydrogen (secondary N) is 1. The first-order valence-electron chi connectivity index (χ1n) is 5.43. The lowest BCUT2D eigenvalue weighted by molar-refractivity contribution is 0.977. The van der Waals surface area contributed by atoms with Crippen LogP contribution in [0.3, 0.4) is 0 Å². The summed E-state index contributed by atoms with van der Waals surface area (Å²) in [5, 5.41) is 3.38. The van der Waals surface area contributed by atoms with Crippen LogP contribution in [0.4, 0.5) is 5.69 Å². The third-order valence-corrected chi connectivity index (χ3v) is 2.64. The van der Waals surface area contributed by atoms with Crippen molar-refractivity contribution in [3.63, 3.8) is 0 Å². The molecule has 0 atom stereocenters. The molecule has 0 amide bonds. The summed E-state index contributed by atoms with van der Waals surface area (Å²) in [5.74, 6) is 0. The minimum Gasteiger partial charge on any atom is -0.385 e. The van der Waals surface area contributed by atoms with Crippen molar-refractivity contribution in [1.82, 2.24) is 0 Å². The van der Waals surface area contributed by atoms with E-state index in [0.717, 1.165) is 6.54 Å². The molecule has 14 heavy (non-hydrogen) atoms. The first kappa shape index (κ1) is 9.32. The largest absolute Gasteiger partial charge is 0.385 e. The summed E-state index contributed by atoms with van der Waals surface area (Å²) in [6.07, 6.45) is 5.99. The summed E-state index contributed by atoms with van der Waals surface area (Å²) < 4.78 is 0. The highest BCUT2D eigenvalue weighted by Gasteiger charge is 2.07. The van der Waals surface area contributed by atoms with E-state index in [1.54, 1.807) is 0 Å². The SMILES string of the molecule is CCCNc1ccc(C2=CCC2)cc1. The number of anilines is 1. The minimum absolute atomic E-state index is 1.06. The first-order valence-corrected chi connectivity index (χ1v) is 5.43. The Morgan fingerprint density at radius 2 is 1.93 bits per heavy atom. The molecule has 0 fully saturated rings. The second-order valence-electron chi connectivity index (χ2n) is 3.77. The predicted molar refractivity (Wildman–Crippen MR) is 62.4 cm³/mol. The van der Waals surface area contributed by atoms with E-state index in [1.807, 2.05) is 0 Å². The molecule has 0 bridgehead atoms. The first-order chi connectivity index (χ1) is 6.90. The van der Waals surface area contributed by atoms with Gasteiger partial charge < -0.3 is 5.32 Å². The van der Waals surface area contributed by atoms with Gasteiger partial charge in [-0.25, -0.2) is 0 Å². The molecule has 0 aromatic heterocycles. The van der Waals surface area contributed by atoms with Crippen molar-refractivity contribution in [3.8, 4) is 0 Å². The molecule has 1 aliphatic rings. The van der Waals surface area contributed by atoms with E-state index in [0.29, 0.717) is 0 Å². The molecular formula is C13H17N. The fourth-order valence-electron chi connectivity index (χ4n) is 1.62. The summed E-state index contributed by atoms with van der Waals surface area (Å²) in [7, 11) is 0. The standard InChI is InChI=1S/C13H17N/c1-2-10-14-13-8-6-12(7-9-13)11-4-3-5-11/h4,6-9,14H,2-3,5,10H2,1H3. The van der Waals surface area contributed by atoms with Crippen LogP contribution < -0.4 is 5.32 Å². The molecule has 1 aromatic rings. The molecule has 1 N–H and O–H groups in total. The average molecular weight is 187 g/mol. The number of rotatable bonds is 4. The molecule has 0 saturated carbocycles. The van der Waals surface area contributed by atoms with Crippen molar-refractivity contribution >= 4 is 11.3 Å². The van der Waals surface area contributed by atoms with Crippen LogP contribution in [-0.4, -0.2) is 6.54 Å². The Labute approximate surface area is 85.8 Å². The number of hydrogen-bond donors (Lipinski definition) is 1. The molecule has 0 spiro atoms. The number of hydrogen-bond acceptors (Lipinski definition) is 1. The van der Waals surface area contributed by atoms with E-state index in [9.17, 15) is 0 Å². The zero-order valence-electron chi connectivity index (χ0n) is 8.72. The summed E-state index contributed by atoms with van der Waals surface area (Å²) in [4.78, 5) is 0. The van der Waals surface area contributed by atoms with Crippen molar-refractivity contribution < 1.29 is 0 Å². The molecule has 0 unspecified atom stereocenters. The van der Waals surface area contributed by atoms with Gasteiger partial charge in [-0.2, -0.15) is 0 Å². The second-order valence-corrected chi connectivity index (χ2v) is 3.77. The second kappa shape index (κ2) is 4.32. The van der Waals surface area contributed by atoms with E-state index in [2.05, 4.69) is 42.6 Å². The van der Waals surface area contributed by atoms with Crippen molar-refractivity contribution in [2.45, 2.75) is 26.2 Å². The van der Waals surface area contributed by atoms with Gasteiger partial charge in [-0.05, 0) is 42.5 Å². The number of allylic oxidation sites excluding steroid dienone is 2. The third-order valence-electron chi connectivity index (χ3n) is 2.64. The minimum atomic E-state index is 1.06. The quantitative estimate of drug-likeness (QED) is 0.758. The van der Waals surface area contributed by atoms with Gasteiger partial charge in [0, 0.05) is 12.2 Å². The van der Waals surface area contributed by atoms with Crippen LogP contribution in [0, 0.1) is 0 Å². The Kier molecular flexibility index (Phi) is 2.87. The van der Waals surface area contributed by atoms with E-state index in [-0.39, 0.29) is 0 Å². The predicted octanol–water partition coefficient (Wildman–Crippen LogP) is 3.69. The van der Waals surface area contributed by atoms with Gasteiger partial charge in [0.25, 0.3) is 0 Å². The van der Waals surface area contributed by atoms with Crippen molar-refractivity contribution in [2.24, 2.45) is 0 Å². The summed E-state index contributed by atoms with van der Waals surface area (Å²) >= 11 is 0. The highest BCUT2D eigenvalue weighted by molar-refractivity contribution is 5.71. The van der Waals surface area contributed by atoms with Gasteiger partial charge in [-0.15, -0.1) is 0 Å². The topological polar surface area (TPSA) is 12.0 Å². The van der Waals surface area contributed by atoms with Crippen LogP contribution in [0.25, 0.3) is 5.57 Å². The summed E-state index contributed by atoms with van der Waals surface area (Å²) in [5.41, 5.74) is 4.13. The zero-order valence-corrected chi connectivity index (χ0v) is 8.72. The smallest absolute Gasteiger partial charge is 0.0340 e. The van der Waals surface area contributed by atoms with Gasteiger partial charge in [0.05, 0.1) is 0 Å². The fraction of sp³-hybridized carbons (Fsp3) is 0.385. The molecule has 1 nitrogen and oxygen atoms in total. The Morgan fingerprint density at radius 3 is 2.43 bits per heavy atom.